The van der Waals surface area contributed by atoms with Crippen molar-refractivity contribution in [2.75, 3.05) is 0 Å². The molecule has 2 nitrogen and oxygen atoms in total. The quantitative estimate of drug-likeness (QED) is 0.624. The minimum Gasteiger partial charge on any atom is -0.481 e. The fourth-order valence-corrected chi connectivity index (χ4v) is 1.15. The lowest BCUT2D eigenvalue weighted by Gasteiger charge is -2.04. The van der Waals surface area contributed by atoms with E-state index in [1.807, 2.05) is 0 Å². The molecule has 0 saturated heterocycles. The molecule has 1 aliphatic rings. The van der Waals surface area contributed by atoms with Crippen molar-refractivity contribution in [3.63, 3.8) is 0 Å². The third-order valence-corrected chi connectivity index (χ3v) is 2.21. The fraction of sp³-hybridized carbons (Fsp3) is 0.667. The monoisotopic (exact) mass is 152 g/mol. The van der Waals surface area contributed by atoms with Gasteiger partial charge in [0.1, 0.15) is 0 Å². The number of carboxylic acids is 1. The third kappa shape index (κ3) is 1.74. The Morgan fingerprint density at radius 2 is 2.27 bits per heavy atom. The van der Waals surface area contributed by atoms with E-state index in [1.165, 1.54) is 0 Å². The average Bonchev–Trinajstić information content (AvgIpc) is 2.70. The minimum atomic E-state index is -0.643. The summed E-state index contributed by atoms with van der Waals surface area (Å²) in [6, 6.07) is 0. The van der Waals surface area contributed by atoms with E-state index < -0.39 is 5.97 Å². The summed E-state index contributed by atoms with van der Waals surface area (Å²) in [7, 11) is 0. The van der Waals surface area contributed by atoms with Crippen molar-refractivity contribution >= 4 is 5.97 Å². The van der Waals surface area contributed by atoms with E-state index >= 15 is 0 Å². The molecule has 1 fully saturated rings. The van der Waals surface area contributed by atoms with Crippen molar-refractivity contribution in [1.82, 2.24) is 0 Å². The average molecular weight is 152 g/mol. The lowest BCUT2D eigenvalue weighted by molar-refractivity contribution is -0.143. The summed E-state index contributed by atoms with van der Waals surface area (Å²) in [6.07, 6.45) is 3.13. The molecule has 0 aromatic carbocycles. The number of aliphatic carboxylic acids is 1. The number of carboxylic acid groups (broad SMARTS) is 1. The maximum atomic E-state index is 10.6. The van der Waals surface area contributed by atoms with Crippen molar-refractivity contribution < 1.29 is 9.90 Å². The maximum absolute atomic E-state index is 10.6. The van der Waals surface area contributed by atoms with Crippen LogP contribution in [0.4, 0.5) is 0 Å². The van der Waals surface area contributed by atoms with Crippen LogP contribution in [0, 0.1) is 17.3 Å². The van der Waals surface area contributed by atoms with Crippen LogP contribution in [0.5, 0.6) is 0 Å². The van der Waals surface area contributed by atoms with Crippen LogP contribution in [-0.4, -0.2) is 11.1 Å². The van der Waals surface area contributed by atoms with Crippen molar-refractivity contribution in [3.8, 4) is 11.8 Å². The lowest BCUT2D eigenvalue weighted by atomic mass is 10.0. The predicted molar refractivity (Wildman–Crippen MR) is 42.0 cm³/mol. The summed E-state index contributed by atoms with van der Waals surface area (Å²) in [5.41, 5.74) is -0.385. The first-order valence-electron chi connectivity index (χ1n) is 3.84. The largest absolute Gasteiger partial charge is 0.481 e. The van der Waals surface area contributed by atoms with Gasteiger partial charge in [-0.1, -0.05) is 0 Å². The van der Waals surface area contributed by atoms with Crippen molar-refractivity contribution in [2.45, 2.75) is 32.6 Å². The van der Waals surface area contributed by atoms with Crippen molar-refractivity contribution in [3.05, 3.63) is 0 Å². The molecule has 0 atom stereocenters. The van der Waals surface area contributed by atoms with Crippen molar-refractivity contribution in [1.29, 1.82) is 0 Å². The van der Waals surface area contributed by atoms with E-state index in [1.54, 1.807) is 6.92 Å². The molecule has 0 aromatic heterocycles. The van der Waals surface area contributed by atoms with Crippen LogP contribution in [0.3, 0.4) is 0 Å². The maximum Gasteiger partial charge on any atom is 0.309 e. The van der Waals surface area contributed by atoms with Crippen molar-refractivity contribution in [2.24, 2.45) is 5.41 Å². The molecular formula is C9H12O2. The van der Waals surface area contributed by atoms with E-state index in [2.05, 4.69) is 11.8 Å². The van der Waals surface area contributed by atoms with Gasteiger partial charge in [-0.2, -0.15) is 0 Å². The zero-order valence-corrected chi connectivity index (χ0v) is 6.68. The highest BCUT2D eigenvalue weighted by Crippen LogP contribution is 2.49. The van der Waals surface area contributed by atoms with Crippen LogP contribution in [0.15, 0.2) is 0 Å². The Morgan fingerprint density at radius 1 is 1.64 bits per heavy atom. The Hall–Kier alpha value is -0.970. The number of hydrogen-bond acceptors (Lipinski definition) is 1. The molecule has 1 N–H and O–H groups in total. The first-order chi connectivity index (χ1) is 5.21. The van der Waals surface area contributed by atoms with E-state index in [0.29, 0.717) is 0 Å². The van der Waals surface area contributed by atoms with Gasteiger partial charge < -0.3 is 5.11 Å². The molecule has 0 aliphatic heterocycles. The molecule has 1 aliphatic carbocycles. The minimum absolute atomic E-state index is 0.385. The molecule has 0 bridgehead atoms. The highest BCUT2D eigenvalue weighted by atomic mass is 16.4. The molecule has 1 saturated carbocycles. The Labute approximate surface area is 66.6 Å². The molecular weight excluding hydrogens is 140 g/mol. The molecule has 1 rings (SSSR count). The molecule has 0 heterocycles. The summed E-state index contributed by atoms with van der Waals surface area (Å²) in [6.45, 7) is 1.78. The van der Waals surface area contributed by atoms with Crippen LogP contribution >= 0.6 is 0 Å². The fourth-order valence-electron chi connectivity index (χ4n) is 1.15. The Kier molecular flexibility index (Phi) is 2.19. The summed E-state index contributed by atoms with van der Waals surface area (Å²) in [5, 5.41) is 8.75. The Bertz CT molecular complexity index is 215. The number of rotatable bonds is 3. The SMILES string of the molecule is CC#CCCC1(C(=O)O)CC1. The number of hydrogen-bond donors (Lipinski definition) is 1. The van der Waals surface area contributed by atoms with Crippen LogP contribution in [0.1, 0.15) is 32.6 Å². The van der Waals surface area contributed by atoms with E-state index in [0.717, 1.165) is 25.7 Å². The van der Waals surface area contributed by atoms with Gasteiger partial charge in [-0.15, -0.1) is 11.8 Å². The second-order valence-corrected chi connectivity index (χ2v) is 3.01. The zero-order valence-electron chi connectivity index (χ0n) is 6.68. The summed E-state index contributed by atoms with van der Waals surface area (Å²) in [5.74, 6) is 5.01. The smallest absolute Gasteiger partial charge is 0.309 e. The first-order valence-corrected chi connectivity index (χ1v) is 3.84. The molecule has 0 amide bonds. The van der Waals surface area contributed by atoms with Gasteiger partial charge in [-0.25, -0.2) is 0 Å². The molecule has 0 spiro atoms. The van der Waals surface area contributed by atoms with Gasteiger partial charge in [0.15, 0.2) is 0 Å². The summed E-state index contributed by atoms with van der Waals surface area (Å²) >= 11 is 0. The second kappa shape index (κ2) is 2.96. The van der Waals surface area contributed by atoms with Crippen LogP contribution in [-0.2, 0) is 4.79 Å². The van der Waals surface area contributed by atoms with E-state index in [-0.39, 0.29) is 5.41 Å². The Morgan fingerprint density at radius 3 is 2.64 bits per heavy atom. The highest BCUT2D eigenvalue weighted by molar-refractivity contribution is 5.77. The van der Waals surface area contributed by atoms with Gasteiger partial charge in [0, 0.05) is 6.42 Å². The van der Waals surface area contributed by atoms with Gasteiger partial charge in [0.25, 0.3) is 0 Å². The zero-order chi connectivity index (χ0) is 8.32. The van der Waals surface area contributed by atoms with Crippen LogP contribution < -0.4 is 0 Å². The van der Waals surface area contributed by atoms with Crippen LogP contribution in [0.2, 0.25) is 0 Å². The second-order valence-electron chi connectivity index (χ2n) is 3.01. The summed E-state index contributed by atoms with van der Waals surface area (Å²) in [4.78, 5) is 10.6. The standard InChI is InChI=1S/C9H12O2/c1-2-3-4-5-9(6-7-9)8(10)11/h4-7H2,1H3,(H,10,11). The third-order valence-electron chi connectivity index (χ3n) is 2.21. The van der Waals surface area contributed by atoms with E-state index in [9.17, 15) is 4.79 Å². The summed E-state index contributed by atoms with van der Waals surface area (Å²) < 4.78 is 0. The molecule has 2 heteroatoms. The molecule has 0 unspecified atom stereocenters. The molecule has 11 heavy (non-hydrogen) atoms. The first kappa shape index (κ1) is 8.13. The molecule has 60 valence electrons. The topological polar surface area (TPSA) is 37.3 Å². The Balaban J connectivity index is 2.34. The molecule has 0 radical (unpaired) electrons. The highest BCUT2D eigenvalue weighted by Gasteiger charge is 2.49. The van der Waals surface area contributed by atoms with Gasteiger partial charge in [0.2, 0.25) is 0 Å². The number of carbonyl (C=O) groups is 1. The van der Waals surface area contributed by atoms with Gasteiger partial charge >= 0.3 is 5.97 Å². The normalized spacial score (nSPS) is 18.3. The van der Waals surface area contributed by atoms with E-state index in [4.69, 9.17) is 5.11 Å². The van der Waals surface area contributed by atoms with Gasteiger partial charge in [0.05, 0.1) is 5.41 Å². The van der Waals surface area contributed by atoms with Gasteiger partial charge in [-0.05, 0) is 26.2 Å². The predicted octanol–water partition coefficient (Wildman–Crippen LogP) is 1.65. The molecule has 0 aromatic rings. The van der Waals surface area contributed by atoms with Crippen LogP contribution in [0.25, 0.3) is 0 Å². The lowest BCUT2D eigenvalue weighted by Crippen LogP contribution is -2.13. The van der Waals surface area contributed by atoms with Gasteiger partial charge in [-0.3, -0.25) is 4.79 Å².